The number of aromatic nitrogens is 2. The second-order valence-electron chi connectivity index (χ2n) is 2.55. The van der Waals surface area contributed by atoms with E-state index < -0.39 is 0 Å². The molecule has 1 aromatic heterocycles. The third kappa shape index (κ3) is 2.09. The first-order chi connectivity index (χ1) is 5.24. The van der Waals surface area contributed by atoms with Crippen LogP contribution < -0.4 is 0 Å². The van der Waals surface area contributed by atoms with Gasteiger partial charge in [0.2, 0.25) is 0 Å². The molecule has 3 heteroatoms. The van der Waals surface area contributed by atoms with Gasteiger partial charge in [0.15, 0.2) is 0 Å². The van der Waals surface area contributed by atoms with Gasteiger partial charge in [-0.05, 0) is 13.0 Å². The summed E-state index contributed by atoms with van der Waals surface area (Å²) in [4.78, 5) is 3.98. The molecule has 0 aliphatic carbocycles. The highest BCUT2D eigenvalue weighted by Crippen LogP contribution is 2.05. The van der Waals surface area contributed by atoms with E-state index in [9.17, 15) is 0 Å². The largest absolute Gasteiger partial charge is 0.334 e. The van der Waals surface area contributed by atoms with E-state index in [1.807, 2.05) is 30.8 Å². The quantitative estimate of drug-likeness (QED) is 0.622. The van der Waals surface area contributed by atoms with E-state index in [1.165, 1.54) is 0 Å². The van der Waals surface area contributed by atoms with Crippen LogP contribution >= 0.6 is 11.6 Å². The zero-order valence-electron chi connectivity index (χ0n) is 6.71. The van der Waals surface area contributed by atoms with Gasteiger partial charge >= 0.3 is 0 Å². The lowest BCUT2D eigenvalue weighted by molar-refractivity contribution is 0.901. The molecule has 0 spiro atoms. The van der Waals surface area contributed by atoms with Crippen molar-refractivity contribution < 1.29 is 0 Å². The number of hydrogen-bond acceptors (Lipinski definition) is 1. The predicted molar refractivity (Wildman–Crippen MR) is 47.6 cm³/mol. The third-order valence-corrected chi connectivity index (χ3v) is 1.88. The first-order valence-corrected chi connectivity index (χ1v) is 3.97. The second-order valence-corrected chi connectivity index (χ2v) is 2.82. The molecule has 0 saturated carbocycles. The van der Waals surface area contributed by atoms with Gasteiger partial charge in [0.1, 0.15) is 0 Å². The van der Waals surface area contributed by atoms with Crippen molar-refractivity contribution in [3.63, 3.8) is 0 Å². The zero-order valence-corrected chi connectivity index (χ0v) is 7.47. The van der Waals surface area contributed by atoms with E-state index in [0.29, 0.717) is 5.88 Å². The Morgan fingerprint density at radius 2 is 2.55 bits per heavy atom. The maximum atomic E-state index is 5.62. The number of rotatable bonds is 2. The molecule has 0 aliphatic heterocycles. The van der Waals surface area contributed by atoms with Crippen LogP contribution in [0.2, 0.25) is 0 Å². The van der Waals surface area contributed by atoms with Crippen LogP contribution in [-0.2, 0) is 7.05 Å². The average molecular weight is 171 g/mol. The normalized spacial score (nSPS) is 12.1. The van der Waals surface area contributed by atoms with Crippen molar-refractivity contribution in [2.24, 2.45) is 7.05 Å². The molecule has 1 heterocycles. The van der Waals surface area contributed by atoms with E-state index in [1.54, 1.807) is 6.33 Å². The SMILES string of the molecule is C/C(=C\c1cncn1C)CCl. The smallest absolute Gasteiger partial charge is 0.0948 e. The summed E-state index contributed by atoms with van der Waals surface area (Å²) in [6.45, 7) is 2.00. The van der Waals surface area contributed by atoms with Gasteiger partial charge in [-0.1, -0.05) is 5.57 Å². The average Bonchev–Trinajstić information content (AvgIpc) is 2.37. The van der Waals surface area contributed by atoms with Crippen LogP contribution in [0.3, 0.4) is 0 Å². The van der Waals surface area contributed by atoms with Gasteiger partial charge in [-0.3, -0.25) is 0 Å². The number of aryl methyl sites for hydroxylation is 1. The molecule has 0 unspecified atom stereocenters. The molecule has 0 aromatic carbocycles. The molecule has 0 aliphatic rings. The van der Waals surface area contributed by atoms with Crippen LogP contribution in [0.5, 0.6) is 0 Å². The molecule has 0 radical (unpaired) electrons. The highest BCUT2D eigenvalue weighted by molar-refractivity contribution is 6.19. The van der Waals surface area contributed by atoms with Gasteiger partial charge in [0, 0.05) is 12.9 Å². The van der Waals surface area contributed by atoms with Gasteiger partial charge in [-0.25, -0.2) is 4.98 Å². The van der Waals surface area contributed by atoms with Crippen molar-refractivity contribution >= 4 is 17.7 Å². The molecule has 60 valence electrons. The topological polar surface area (TPSA) is 17.8 Å². The summed E-state index contributed by atoms with van der Waals surface area (Å²) in [6, 6.07) is 0. The summed E-state index contributed by atoms with van der Waals surface area (Å²) in [6.07, 6.45) is 5.61. The molecule has 1 rings (SSSR count). The van der Waals surface area contributed by atoms with Crippen molar-refractivity contribution in [1.29, 1.82) is 0 Å². The molecular weight excluding hydrogens is 160 g/mol. The summed E-state index contributed by atoms with van der Waals surface area (Å²) in [5, 5.41) is 0. The third-order valence-electron chi connectivity index (χ3n) is 1.46. The van der Waals surface area contributed by atoms with Crippen LogP contribution in [-0.4, -0.2) is 15.4 Å². The van der Waals surface area contributed by atoms with E-state index in [0.717, 1.165) is 11.3 Å². The first-order valence-electron chi connectivity index (χ1n) is 3.43. The van der Waals surface area contributed by atoms with Gasteiger partial charge in [-0.15, -0.1) is 11.6 Å². The van der Waals surface area contributed by atoms with E-state index in [-0.39, 0.29) is 0 Å². The Kier molecular flexibility index (Phi) is 2.71. The van der Waals surface area contributed by atoms with Gasteiger partial charge < -0.3 is 4.57 Å². The zero-order chi connectivity index (χ0) is 8.27. The van der Waals surface area contributed by atoms with Gasteiger partial charge in [-0.2, -0.15) is 0 Å². The summed E-state index contributed by atoms with van der Waals surface area (Å²) in [7, 11) is 1.96. The predicted octanol–water partition coefficient (Wildman–Crippen LogP) is 2.06. The molecule has 0 atom stereocenters. The number of hydrogen-bond donors (Lipinski definition) is 0. The Morgan fingerprint density at radius 3 is 3.00 bits per heavy atom. The Bertz CT molecular complexity index is 263. The van der Waals surface area contributed by atoms with Crippen LogP contribution in [0.15, 0.2) is 18.1 Å². The molecule has 11 heavy (non-hydrogen) atoms. The molecule has 0 N–H and O–H groups in total. The fourth-order valence-corrected chi connectivity index (χ4v) is 0.875. The van der Waals surface area contributed by atoms with Crippen molar-refractivity contribution in [1.82, 2.24) is 9.55 Å². The van der Waals surface area contributed by atoms with Gasteiger partial charge in [0.25, 0.3) is 0 Å². The highest BCUT2D eigenvalue weighted by atomic mass is 35.5. The van der Waals surface area contributed by atoms with Crippen molar-refractivity contribution in [2.45, 2.75) is 6.92 Å². The lowest BCUT2D eigenvalue weighted by Gasteiger charge is -1.95. The molecule has 1 aromatic rings. The van der Waals surface area contributed by atoms with E-state index in [2.05, 4.69) is 4.98 Å². The molecular formula is C8H11ClN2. The summed E-state index contributed by atoms with van der Waals surface area (Å²) < 4.78 is 1.95. The minimum atomic E-state index is 0.575. The number of nitrogens with zero attached hydrogens (tertiary/aromatic N) is 2. The van der Waals surface area contributed by atoms with E-state index >= 15 is 0 Å². The Hall–Kier alpha value is -0.760. The van der Waals surface area contributed by atoms with Crippen molar-refractivity contribution in [2.75, 3.05) is 5.88 Å². The lowest BCUT2D eigenvalue weighted by Crippen LogP contribution is -1.88. The number of imidazole rings is 1. The summed E-state index contributed by atoms with van der Waals surface area (Å²) in [5.74, 6) is 0.575. The van der Waals surface area contributed by atoms with Crippen LogP contribution in [0.25, 0.3) is 6.08 Å². The Morgan fingerprint density at radius 1 is 1.82 bits per heavy atom. The van der Waals surface area contributed by atoms with Gasteiger partial charge in [0.05, 0.1) is 18.2 Å². The Balaban J connectivity index is 2.86. The van der Waals surface area contributed by atoms with Crippen molar-refractivity contribution in [3.05, 3.63) is 23.8 Å². The maximum absolute atomic E-state index is 5.62. The van der Waals surface area contributed by atoms with Crippen LogP contribution in [0, 0.1) is 0 Å². The molecule has 0 bridgehead atoms. The summed E-state index contributed by atoms with van der Waals surface area (Å²) in [5.41, 5.74) is 2.23. The lowest BCUT2D eigenvalue weighted by atomic mass is 10.3. The molecule has 0 amide bonds. The van der Waals surface area contributed by atoms with Crippen LogP contribution in [0.4, 0.5) is 0 Å². The standard InChI is InChI=1S/C8H11ClN2/c1-7(4-9)3-8-5-10-6-11(8)2/h3,5-6H,4H2,1-2H3/b7-3+. The second kappa shape index (κ2) is 3.58. The number of allylic oxidation sites excluding steroid dienone is 1. The number of halogens is 1. The summed E-state index contributed by atoms with van der Waals surface area (Å²) >= 11 is 5.62. The minimum absolute atomic E-state index is 0.575. The number of alkyl halides is 1. The fourth-order valence-electron chi connectivity index (χ4n) is 0.798. The minimum Gasteiger partial charge on any atom is -0.334 e. The first kappa shape index (κ1) is 8.34. The fraction of sp³-hybridized carbons (Fsp3) is 0.375. The van der Waals surface area contributed by atoms with E-state index in [4.69, 9.17) is 11.6 Å². The monoisotopic (exact) mass is 170 g/mol. The van der Waals surface area contributed by atoms with Crippen LogP contribution in [0.1, 0.15) is 12.6 Å². The highest BCUT2D eigenvalue weighted by Gasteiger charge is 1.93. The van der Waals surface area contributed by atoms with Crippen molar-refractivity contribution in [3.8, 4) is 0 Å². The molecule has 2 nitrogen and oxygen atoms in total. The maximum Gasteiger partial charge on any atom is 0.0948 e. The molecule has 0 saturated heterocycles. The Labute approximate surface area is 71.5 Å². The molecule has 0 fully saturated rings.